The van der Waals surface area contributed by atoms with E-state index in [1.54, 1.807) is 5.51 Å². The lowest BCUT2D eigenvalue weighted by Crippen LogP contribution is -2.42. The fraction of sp³-hybridized carbons (Fsp3) is 0.571. The van der Waals surface area contributed by atoms with Crippen LogP contribution in [-0.4, -0.2) is 21.9 Å². The number of aromatic nitrogens is 2. The van der Waals surface area contributed by atoms with Crippen molar-refractivity contribution in [1.82, 2.24) is 15.6 Å². The van der Waals surface area contributed by atoms with Crippen molar-refractivity contribution < 1.29 is 4.79 Å². The summed E-state index contributed by atoms with van der Waals surface area (Å²) in [5.41, 5.74) is 3.32. The molecular weight excluding hydrogens is 220 g/mol. The maximum absolute atomic E-state index is 11.3. The average Bonchev–Trinajstić information content (AvgIpc) is 2.66. The molecule has 5 nitrogen and oxygen atoms in total. The lowest BCUT2D eigenvalue weighted by atomic mass is 9.96. The summed E-state index contributed by atoms with van der Waals surface area (Å²) < 4.78 is 0.864. The van der Waals surface area contributed by atoms with Crippen molar-refractivity contribution in [2.45, 2.75) is 18.2 Å². The van der Waals surface area contributed by atoms with E-state index in [0.29, 0.717) is 5.75 Å². The van der Waals surface area contributed by atoms with Crippen molar-refractivity contribution in [2.24, 2.45) is 11.3 Å². The molecule has 1 amide bonds. The van der Waals surface area contributed by atoms with Gasteiger partial charge in [0.25, 0.3) is 0 Å². The smallest absolute Gasteiger partial charge is 0.240 e. The number of nitrogens with zero attached hydrogens (tertiary/aromatic N) is 2. The van der Waals surface area contributed by atoms with Crippen molar-refractivity contribution in [3.8, 4) is 0 Å². The molecule has 0 aliphatic rings. The largest absolute Gasteiger partial charge is 0.294 e. The first-order valence-corrected chi connectivity index (χ1v) is 5.83. The van der Waals surface area contributed by atoms with Gasteiger partial charge in [0.15, 0.2) is 4.34 Å². The Kier molecular flexibility index (Phi) is 3.85. The van der Waals surface area contributed by atoms with Gasteiger partial charge in [-0.1, -0.05) is 36.9 Å². The van der Waals surface area contributed by atoms with E-state index in [2.05, 4.69) is 15.6 Å². The Hall–Kier alpha value is -0.660. The number of carbonyl (C=O) groups is 1. The lowest BCUT2D eigenvalue weighted by molar-refractivity contribution is -0.128. The van der Waals surface area contributed by atoms with E-state index < -0.39 is 5.41 Å². The van der Waals surface area contributed by atoms with Crippen molar-refractivity contribution in [1.29, 1.82) is 0 Å². The third kappa shape index (κ3) is 2.93. The van der Waals surface area contributed by atoms with Crippen LogP contribution >= 0.6 is 23.1 Å². The minimum absolute atomic E-state index is 0.172. The van der Waals surface area contributed by atoms with E-state index >= 15 is 0 Å². The molecule has 0 aliphatic heterocycles. The summed E-state index contributed by atoms with van der Waals surface area (Å²) in [6.07, 6.45) is 0. The van der Waals surface area contributed by atoms with Crippen LogP contribution in [0.15, 0.2) is 9.85 Å². The lowest BCUT2D eigenvalue weighted by Gasteiger charge is -2.20. The molecule has 0 aromatic carbocycles. The summed E-state index contributed by atoms with van der Waals surface area (Å²) in [5, 5.41) is 7.58. The number of hydrogen-bond donors (Lipinski definition) is 2. The quantitative estimate of drug-likeness (QED) is 0.345. The molecular formula is C7H12N4OS2. The van der Waals surface area contributed by atoms with Gasteiger partial charge in [-0.15, -0.1) is 10.2 Å². The fourth-order valence-electron chi connectivity index (χ4n) is 0.729. The molecule has 78 valence electrons. The Morgan fingerprint density at radius 2 is 2.50 bits per heavy atom. The molecule has 0 saturated heterocycles. The fourth-order valence-corrected chi connectivity index (χ4v) is 2.31. The van der Waals surface area contributed by atoms with Gasteiger partial charge in [0.1, 0.15) is 5.51 Å². The van der Waals surface area contributed by atoms with Gasteiger partial charge in [0.05, 0.1) is 5.41 Å². The Morgan fingerprint density at radius 3 is 3.00 bits per heavy atom. The average molecular weight is 232 g/mol. The predicted molar refractivity (Wildman–Crippen MR) is 56.7 cm³/mol. The molecule has 3 N–H and O–H groups in total. The van der Waals surface area contributed by atoms with E-state index in [-0.39, 0.29) is 5.91 Å². The van der Waals surface area contributed by atoms with Gasteiger partial charge >= 0.3 is 0 Å². The van der Waals surface area contributed by atoms with E-state index in [4.69, 9.17) is 5.84 Å². The first-order valence-electron chi connectivity index (χ1n) is 3.96. The van der Waals surface area contributed by atoms with Crippen LogP contribution in [0.3, 0.4) is 0 Å². The summed E-state index contributed by atoms with van der Waals surface area (Å²) in [7, 11) is 0. The number of nitrogens with one attached hydrogen (secondary N) is 1. The molecule has 1 aromatic rings. The standard InChI is InChI=1S/C7H12N4OS2/c1-7(2,5(12)10-8)3-13-6-11-9-4-14-6/h4H,3,8H2,1-2H3,(H,10,12). The summed E-state index contributed by atoms with van der Waals surface area (Å²) in [4.78, 5) is 11.3. The van der Waals surface area contributed by atoms with E-state index in [9.17, 15) is 4.79 Å². The van der Waals surface area contributed by atoms with Crippen LogP contribution in [0, 0.1) is 5.41 Å². The second-order valence-electron chi connectivity index (χ2n) is 3.35. The molecule has 0 fully saturated rings. The second kappa shape index (κ2) is 4.72. The molecule has 1 heterocycles. The van der Waals surface area contributed by atoms with Gasteiger partial charge in [-0.2, -0.15) is 0 Å². The van der Waals surface area contributed by atoms with Crippen molar-refractivity contribution >= 4 is 29.0 Å². The van der Waals surface area contributed by atoms with Gasteiger partial charge in [-0.05, 0) is 0 Å². The summed E-state index contributed by atoms with van der Waals surface area (Å²) >= 11 is 2.97. The third-order valence-corrected chi connectivity index (χ3v) is 3.96. The van der Waals surface area contributed by atoms with Crippen LogP contribution in [0.2, 0.25) is 0 Å². The van der Waals surface area contributed by atoms with Crippen LogP contribution in [0.5, 0.6) is 0 Å². The molecule has 0 saturated carbocycles. The van der Waals surface area contributed by atoms with Gasteiger partial charge in [-0.25, -0.2) is 5.84 Å². The number of carbonyl (C=O) groups excluding carboxylic acids is 1. The predicted octanol–water partition coefficient (Wildman–Crippen LogP) is 0.646. The van der Waals surface area contributed by atoms with Crippen LogP contribution in [0.4, 0.5) is 0 Å². The Morgan fingerprint density at radius 1 is 1.79 bits per heavy atom. The molecule has 1 aromatic heterocycles. The SMILES string of the molecule is CC(C)(CSc1nncs1)C(=O)NN. The number of nitrogens with two attached hydrogens (primary N) is 1. The molecule has 0 aliphatic carbocycles. The van der Waals surface area contributed by atoms with Crippen molar-refractivity contribution in [2.75, 3.05) is 5.75 Å². The molecule has 7 heteroatoms. The van der Waals surface area contributed by atoms with Gasteiger partial charge < -0.3 is 0 Å². The van der Waals surface area contributed by atoms with E-state index in [1.807, 2.05) is 13.8 Å². The molecule has 0 spiro atoms. The Labute approximate surface area is 90.4 Å². The zero-order valence-corrected chi connectivity index (χ0v) is 9.61. The molecule has 0 atom stereocenters. The van der Waals surface area contributed by atoms with Gasteiger partial charge in [0.2, 0.25) is 5.91 Å². The molecule has 1 rings (SSSR count). The number of hydrazine groups is 1. The minimum atomic E-state index is -0.495. The first-order chi connectivity index (χ1) is 6.56. The Balaban J connectivity index is 2.48. The Bertz CT molecular complexity index is 299. The second-order valence-corrected chi connectivity index (χ2v) is 5.41. The summed E-state index contributed by atoms with van der Waals surface area (Å²) in [6, 6.07) is 0. The van der Waals surface area contributed by atoms with Crippen molar-refractivity contribution in [3.05, 3.63) is 5.51 Å². The summed E-state index contributed by atoms with van der Waals surface area (Å²) in [6.45, 7) is 3.67. The monoisotopic (exact) mass is 232 g/mol. The number of thioether (sulfide) groups is 1. The molecule has 0 radical (unpaired) electrons. The number of hydrogen-bond acceptors (Lipinski definition) is 6. The topological polar surface area (TPSA) is 80.9 Å². The van der Waals surface area contributed by atoms with Crippen LogP contribution in [-0.2, 0) is 4.79 Å². The molecule has 14 heavy (non-hydrogen) atoms. The minimum Gasteiger partial charge on any atom is -0.294 e. The third-order valence-electron chi connectivity index (χ3n) is 1.64. The van der Waals surface area contributed by atoms with Crippen molar-refractivity contribution in [3.63, 3.8) is 0 Å². The van der Waals surface area contributed by atoms with Gasteiger partial charge in [0, 0.05) is 5.75 Å². The maximum Gasteiger partial charge on any atom is 0.240 e. The zero-order chi connectivity index (χ0) is 10.6. The normalized spacial score (nSPS) is 11.4. The van der Waals surface area contributed by atoms with E-state index in [0.717, 1.165) is 4.34 Å². The maximum atomic E-state index is 11.3. The molecule has 0 bridgehead atoms. The number of amides is 1. The van der Waals surface area contributed by atoms with Crippen LogP contribution in [0.1, 0.15) is 13.8 Å². The highest BCUT2D eigenvalue weighted by molar-refractivity contribution is 8.01. The molecule has 0 unspecified atom stereocenters. The highest BCUT2D eigenvalue weighted by Crippen LogP contribution is 2.28. The van der Waals surface area contributed by atoms with Crippen LogP contribution < -0.4 is 11.3 Å². The van der Waals surface area contributed by atoms with Gasteiger partial charge in [-0.3, -0.25) is 10.2 Å². The zero-order valence-electron chi connectivity index (χ0n) is 7.98. The number of rotatable bonds is 4. The first kappa shape index (κ1) is 11.4. The highest BCUT2D eigenvalue weighted by Gasteiger charge is 2.27. The van der Waals surface area contributed by atoms with E-state index in [1.165, 1.54) is 23.1 Å². The van der Waals surface area contributed by atoms with Crippen LogP contribution in [0.25, 0.3) is 0 Å². The highest BCUT2D eigenvalue weighted by atomic mass is 32.2. The summed E-state index contributed by atoms with van der Waals surface area (Å²) in [5.74, 6) is 5.53.